The zero-order valence-corrected chi connectivity index (χ0v) is 10.0. The number of nitrogens with zero attached hydrogens (tertiary/aromatic N) is 1. The van der Waals surface area contributed by atoms with Crippen LogP contribution in [0.25, 0.3) is 0 Å². The van der Waals surface area contributed by atoms with Crippen LogP contribution in [-0.2, 0) is 4.74 Å². The zero-order valence-electron chi connectivity index (χ0n) is 10.0. The highest BCUT2D eigenvalue weighted by atomic mass is 16.5. The van der Waals surface area contributed by atoms with Gasteiger partial charge in [0.1, 0.15) is 0 Å². The van der Waals surface area contributed by atoms with Crippen LogP contribution in [0.15, 0.2) is 0 Å². The first-order valence-corrected chi connectivity index (χ1v) is 6.34. The van der Waals surface area contributed by atoms with Crippen molar-refractivity contribution in [1.82, 2.24) is 10.2 Å². The third-order valence-corrected chi connectivity index (χ3v) is 3.99. The summed E-state index contributed by atoms with van der Waals surface area (Å²) in [6.45, 7) is 5.84. The highest BCUT2D eigenvalue weighted by Gasteiger charge is 2.32. The highest BCUT2D eigenvalue weighted by molar-refractivity contribution is 4.90. The maximum Gasteiger partial charge on any atom is 0.0586 e. The van der Waals surface area contributed by atoms with Gasteiger partial charge in [0.05, 0.1) is 6.10 Å². The fraction of sp³-hybridized carbons (Fsp3) is 1.00. The van der Waals surface area contributed by atoms with E-state index in [4.69, 9.17) is 4.74 Å². The van der Waals surface area contributed by atoms with E-state index in [-0.39, 0.29) is 0 Å². The molecule has 2 rings (SSSR count). The van der Waals surface area contributed by atoms with E-state index in [1.54, 1.807) is 0 Å². The Morgan fingerprint density at radius 3 is 2.60 bits per heavy atom. The molecule has 0 spiro atoms. The average molecular weight is 212 g/mol. The fourth-order valence-corrected chi connectivity index (χ4v) is 2.96. The summed E-state index contributed by atoms with van der Waals surface area (Å²) in [6, 6.07) is 1.55. The van der Waals surface area contributed by atoms with Crippen molar-refractivity contribution in [3.05, 3.63) is 0 Å². The van der Waals surface area contributed by atoms with Gasteiger partial charge in [-0.25, -0.2) is 0 Å². The number of ether oxygens (including phenoxy) is 1. The van der Waals surface area contributed by atoms with Gasteiger partial charge >= 0.3 is 0 Å². The van der Waals surface area contributed by atoms with Crippen molar-refractivity contribution in [2.75, 3.05) is 26.7 Å². The molecule has 88 valence electrons. The lowest BCUT2D eigenvalue weighted by Gasteiger charge is -2.45. The third kappa shape index (κ3) is 2.52. The van der Waals surface area contributed by atoms with Crippen LogP contribution in [0, 0.1) is 0 Å². The molecule has 1 aliphatic carbocycles. The van der Waals surface area contributed by atoms with Crippen LogP contribution in [-0.4, -0.2) is 49.8 Å². The first-order chi connectivity index (χ1) is 7.35. The van der Waals surface area contributed by atoms with Crippen LogP contribution in [0.5, 0.6) is 0 Å². The van der Waals surface area contributed by atoms with E-state index < -0.39 is 0 Å². The van der Waals surface area contributed by atoms with Gasteiger partial charge in [-0.05, 0) is 32.2 Å². The Morgan fingerprint density at radius 1 is 1.27 bits per heavy atom. The predicted molar refractivity (Wildman–Crippen MR) is 62.1 cm³/mol. The first kappa shape index (κ1) is 11.4. The summed E-state index contributed by atoms with van der Waals surface area (Å²) in [5.41, 5.74) is 0. The molecule has 3 nitrogen and oxygen atoms in total. The molecule has 2 unspecified atom stereocenters. The van der Waals surface area contributed by atoms with Gasteiger partial charge in [0, 0.05) is 32.3 Å². The molecule has 3 heteroatoms. The minimum atomic E-state index is 0.505. The Hall–Kier alpha value is -0.120. The quantitative estimate of drug-likeness (QED) is 0.759. The maximum atomic E-state index is 5.51. The molecule has 15 heavy (non-hydrogen) atoms. The molecule has 0 aromatic rings. The Bertz CT molecular complexity index is 194. The topological polar surface area (TPSA) is 24.5 Å². The summed E-state index contributed by atoms with van der Waals surface area (Å²) < 4.78 is 5.51. The van der Waals surface area contributed by atoms with E-state index in [0.717, 1.165) is 12.1 Å². The molecule has 0 aromatic carbocycles. The van der Waals surface area contributed by atoms with E-state index in [0.29, 0.717) is 6.10 Å². The molecule has 0 bridgehead atoms. The largest absolute Gasteiger partial charge is 0.381 e. The van der Waals surface area contributed by atoms with Crippen molar-refractivity contribution in [2.24, 2.45) is 0 Å². The summed E-state index contributed by atoms with van der Waals surface area (Å²) in [4.78, 5) is 2.68. The highest BCUT2D eigenvalue weighted by Crippen LogP contribution is 2.26. The number of hydrogen-bond donors (Lipinski definition) is 1. The minimum Gasteiger partial charge on any atom is -0.381 e. The van der Waals surface area contributed by atoms with Crippen LogP contribution in [0.3, 0.4) is 0 Å². The van der Waals surface area contributed by atoms with Gasteiger partial charge in [-0.1, -0.05) is 6.92 Å². The first-order valence-electron chi connectivity index (χ1n) is 6.34. The predicted octanol–water partition coefficient (Wildman–Crippen LogP) is 1.24. The van der Waals surface area contributed by atoms with Gasteiger partial charge < -0.3 is 10.1 Å². The van der Waals surface area contributed by atoms with Crippen molar-refractivity contribution >= 4 is 0 Å². The molecule has 1 saturated heterocycles. The average Bonchev–Trinajstić information content (AvgIpc) is 2.23. The van der Waals surface area contributed by atoms with E-state index in [1.807, 2.05) is 7.11 Å². The number of likely N-dealkylation sites (N-methyl/N-ethyl adjacent to an activating group) is 1. The molecule has 0 amide bonds. The van der Waals surface area contributed by atoms with Gasteiger partial charge in [0.15, 0.2) is 0 Å². The molecular weight excluding hydrogens is 188 g/mol. The number of hydrogen-bond acceptors (Lipinski definition) is 3. The van der Waals surface area contributed by atoms with Crippen LogP contribution in [0.1, 0.15) is 32.6 Å². The molecule has 0 radical (unpaired) electrons. The molecular formula is C12H24N2O. The summed E-state index contributed by atoms with van der Waals surface area (Å²) >= 11 is 0. The molecule has 2 atom stereocenters. The molecule has 1 aliphatic heterocycles. The van der Waals surface area contributed by atoms with Crippen LogP contribution >= 0.6 is 0 Å². The SMILES string of the molecule is CCN(C1CNC1)C1CCCC(OC)C1. The summed E-state index contributed by atoms with van der Waals surface area (Å²) in [5.74, 6) is 0. The zero-order chi connectivity index (χ0) is 10.7. The van der Waals surface area contributed by atoms with Crippen molar-refractivity contribution in [2.45, 2.75) is 50.8 Å². The fourth-order valence-electron chi connectivity index (χ4n) is 2.96. The van der Waals surface area contributed by atoms with Gasteiger partial charge in [-0.15, -0.1) is 0 Å². The van der Waals surface area contributed by atoms with Crippen molar-refractivity contribution in [3.8, 4) is 0 Å². The molecule has 1 saturated carbocycles. The summed E-state index contributed by atoms with van der Waals surface area (Å²) in [7, 11) is 1.86. The van der Waals surface area contributed by atoms with E-state index in [2.05, 4.69) is 17.1 Å². The second kappa shape index (κ2) is 5.28. The summed E-state index contributed by atoms with van der Waals surface area (Å²) in [6.07, 6.45) is 5.70. The van der Waals surface area contributed by atoms with Gasteiger partial charge in [0.25, 0.3) is 0 Å². The Balaban J connectivity index is 1.88. The van der Waals surface area contributed by atoms with Crippen LogP contribution in [0.2, 0.25) is 0 Å². The van der Waals surface area contributed by atoms with Gasteiger partial charge in [-0.3, -0.25) is 4.90 Å². The number of nitrogens with one attached hydrogen (secondary N) is 1. The lowest BCUT2D eigenvalue weighted by molar-refractivity contribution is 0.00716. The van der Waals surface area contributed by atoms with Gasteiger partial charge in [0.2, 0.25) is 0 Å². The smallest absolute Gasteiger partial charge is 0.0586 e. The number of rotatable bonds is 4. The Morgan fingerprint density at radius 2 is 2.07 bits per heavy atom. The third-order valence-electron chi connectivity index (χ3n) is 3.99. The van der Waals surface area contributed by atoms with Crippen molar-refractivity contribution < 1.29 is 4.74 Å². The Labute approximate surface area is 93.2 Å². The maximum absolute atomic E-state index is 5.51. The van der Waals surface area contributed by atoms with E-state index in [9.17, 15) is 0 Å². The Kier molecular flexibility index (Phi) is 4.00. The molecule has 1 N–H and O–H groups in total. The normalized spacial score (nSPS) is 33.0. The minimum absolute atomic E-state index is 0.505. The molecule has 2 aliphatic rings. The monoisotopic (exact) mass is 212 g/mol. The molecule has 2 fully saturated rings. The standard InChI is InChI=1S/C12H24N2O/c1-3-14(11-8-13-9-11)10-5-4-6-12(7-10)15-2/h10-13H,3-9H2,1-2H3. The molecule has 0 aromatic heterocycles. The second-order valence-corrected chi connectivity index (χ2v) is 4.82. The lowest BCUT2D eigenvalue weighted by Crippen LogP contribution is -2.60. The van der Waals surface area contributed by atoms with Gasteiger partial charge in [-0.2, -0.15) is 0 Å². The van der Waals surface area contributed by atoms with Crippen molar-refractivity contribution in [1.29, 1.82) is 0 Å². The van der Waals surface area contributed by atoms with Crippen LogP contribution < -0.4 is 5.32 Å². The van der Waals surface area contributed by atoms with Crippen molar-refractivity contribution in [3.63, 3.8) is 0 Å². The second-order valence-electron chi connectivity index (χ2n) is 4.82. The van der Waals surface area contributed by atoms with Crippen LogP contribution in [0.4, 0.5) is 0 Å². The molecule has 1 heterocycles. The number of methoxy groups -OCH3 is 1. The lowest BCUT2D eigenvalue weighted by atomic mass is 9.90. The summed E-state index contributed by atoms with van der Waals surface area (Å²) in [5, 5.41) is 3.37. The van der Waals surface area contributed by atoms with E-state index >= 15 is 0 Å². The van der Waals surface area contributed by atoms with E-state index in [1.165, 1.54) is 45.3 Å².